The molecule has 0 spiro atoms. The topological polar surface area (TPSA) is 45.2 Å². The first kappa shape index (κ1) is 18.2. The van der Waals surface area contributed by atoms with E-state index >= 15 is 0 Å². The maximum Gasteiger partial charge on any atom is 0.257 e. The van der Waals surface area contributed by atoms with Crippen molar-refractivity contribution in [2.24, 2.45) is 5.92 Å². The molecule has 142 valence electrons. The van der Waals surface area contributed by atoms with Gasteiger partial charge in [0.05, 0.1) is 5.56 Å². The maximum absolute atomic E-state index is 12.2. The summed E-state index contributed by atoms with van der Waals surface area (Å²) in [5.74, 6) is 0.624. The normalized spacial score (nSPS) is 14.6. The van der Waals surface area contributed by atoms with Gasteiger partial charge in [-0.15, -0.1) is 0 Å². The molecule has 1 N–H and O–H groups in total. The van der Waals surface area contributed by atoms with Crippen molar-refractivity contribution < 1.29 is 4.79 Å². The van der Waals surface area contributed by atoms with Gasteiger partial charge in [-0.05, 0) is 67.1 Å². The Bertz CT molecular complexity index is 886. The standard InChI is InChI=1S/C24H25N3O/c28-24(21-7-4-14-25-18-21)26-22-8-10-23(11-9-22)27-15-12-20(13-16-27)17-19-5-2-1-3-6-19/h1-11,14,18,20H,12-13,15-17H2,(H,26,28). The SMILES string of the molecule is O=C(Nc1ccc(N2CCC(Cc3ccccc3)CC2)cc1)c1cccnc1. The number of nitrogens with one attached hydrogen (secondary N) is 1. The number of carbonyl (C=O) groups excluding carboxylic acids is 1. The highest BCUT2D eigenvalue weighted by molar-refractivity contribution is 6.04. The van der Waals surface area contributed by atoms with E-state index in [4.69, 9.17) is 0 Å². The molecule has 1 aliphatic heterocycles. The Balaban J connectivity index is 1.30. The average Bonchev–Trinajstić information content (AvgIpc) is 2.76. The molecule has 4 nitrogen and oxygen atoms in total. The van der Waals surface area contributed by atoms with Crippen LogP contribution in [-0.4, -0.2) is 24.0 Å². The molecule has 0 atom stereocenters. The van der Waals surface area contributed by atoms with E-state index in [0.29, 0.717) is 5.56 Å². The second-order valence-electron chi connectivity index (χ2n) is 7.36. The van der Waals surface area contributed by atoms with Crippen LogP contribution in [0.15, 0.2) is 79.1 Å². The highest BCUT2D eigenvalue weighted by Gasteiger charge is 2.19. The van der Waals surface area contributed by atoms with E-state index in [1.54, 1.807) is 24.5 Å². The Labute approximate surface area is 166 Å². The van der Waals surface area contributed by atoms with Gasteiger partial charge in [-0.25, -0.2) is 0 Å². The van der Waals surface area contributed by atoms with Crippen LogP contribution in [-0.2, 0) is 6.42 Å². The zero-order valence-electron chi connectivity index (χ0n) is 15.9. The highest BCUT2D eigenvalue weighted by Crippen LogP contribution is 2.26. The summed E-state index contributed by atoms with van der Waals surface area (Å²) < 4.78 is 0. The van der Waals surface area contributed by atoms with Gasteiger partial charge in [0.2, 0.25) is 0 Å². The maximum atomic E-state index is 12.2. The third-order valence-electron chi connectivity index (χ3n) is 5.40. The van der Waals surface area contributed by atoms with Gasteiger partial charge < -0.3 is 10.2 Å². The lowest BCUT2D eigenvalue weighted by Gasteiger charge is -2.33. The van der Waals surface area contributed by atoms with Gasteiger partial charge >= 0.3 is 0 Å². The van der Waals surface area contributed by atoms with Crippen LogP contribution in [0.2, 0.25) is 0 Å². The molecule has 0 radical (unpaired) electrons. The van der Waals surface area contributed by atoms with Gasteiger partial charge in [-0.1, -0.05) is 30.3 Å². The number of nitrogens with zero attached hydrogens (tertiary/aromatic N) is 2. The lowest BCUT2D eigenvalue weighted by atomic mass is 9.90. The van der Waals surface area contributed by atoms with Crippen LogP contribution in [0.5, 0.6) is 0 Å². The van der Waals surface area contributed by atoms with E-state index in [2.05, 4.69) is 57.7 Å². The summed E-state index contributed by atoms with van der Waals surface area (Å²) in [5.41, 5.74) is 4.02. The number of amides is 1. The second kappa shape index (κ2) is 8.70. The Kier molecular flexibility index (Phi) is 5.66. The quantitative estimate of drug-likeness (QED) is 0.701. The average molecular weight is 371 g/mol. The number of rotatable bonds is 5. The number of aromatic nitrogens is 1. The molecule has 1 aromatic heterocycles. The van der Waals surface area contributed by atoms with Crippen molar-refractivity contribution in [1.82, 2.24) is 4.98 Å². The van der Waals surface area contributed by atoms with Crippen LogP contribution in [0.4, 0.5) is 11.4 Å². The molecule has 0 unspecified atom stereocenters. The molecule has 0 saturated carbocycles. The van der Waals surface area contributed by atoms with E-state index in [0.717, 1.165) is 24.7 Å². The number of benzene rings is 2. The molecule has 0 bridgehead atoms. The van der Waals surface area contributed by atoms with Gasteiger partial charge in [0, 0.05) is 36.9 Å². The number of hydrogen-bond donors (Lipinski definition) is 1. The number of hydrogen-bond acceptors (Lipinski definition) is 3. The largest absolute Gasteiger partial charge is 0.372 e. The minimum Gasteiger partial charge on any atom is -0.372 e. The first-order valence-corrected chi connectivity index (χ1v) is 9.88. The number of pyridine rings is 1. The van der Waals surface area contributed by atoms with E-state index in [1.165, 1.54) is 30.5 Å². The third-order valence-corrected chi connectivity index (χ3v) is 5.40. The van der Waals surface area contributed by atoms with Gasteiger partial charge in [0.15, 0.2) is 0 Å². The molecule has 4 heteroatoms. The van der Waals surface area contributed by atoms with Gasteiger partial charge in [0.1, 0.15) is 0 Å². The Morgan fingerprint density at radius 2 is 1.71 bits per heavy atom. The van der Waals surface area contributed by atoms with Gasteiger partial charge in [-0.2, -0.15) is 0 Å². The molecule has 1 fully saturated rings. The van der Waals surface area contributed by atoms with Crippen LogP contribution in [0.3, 0.4) is 0 Å². The van der Waals surface area contributed by atoms with Crippen molar-refractivity contribution in [3.05, 3.63) is 90.3 Å². The molecule has 1 aliphatic rings. The predicted octanol–water partition coefficient (Wildman–Crippen LogP) is 4.79. The summed E-state index contributed by atoms with van der Waals surface area (Å²) in [6.07, 6.45) is 6.84. The summed E-state index contributed by atoms with van der Waals surface area (Å²) >= 11 is 0. The minimum absolute atomic E-state index is 0.137. The Morgan fingerprint density at radius 1 is 0.964 bits per heavy atom. The molecular formula is C24H25N3O. The van der Waals surface area contributed by atoms with Crippen molar-refractivity contribution in [3.63, 3.8) is 0 Å². The molecule has 1 saturated heterocycles. The minimum atomic E-state index is -0.137. The smallest absolute Gasteiger partial charge is 0.257 e. The van der Waals surface area contributed by atoms with Crippen LogP contribution in [0.1, 0.15) is 28.8 Å². The fraction of sp³-hybridized carbons (Fsp3) is 0.250. The van der Waals surface area contributed by atoms with Crippen molar-refractivity contribution >= 4 is 17.3 Å². The molecule has 2 aromatic carbocycles. The first-order chi connectivity index (χ1) is 13.8. The number of carbonyl (C=O) groups is 1. The Morgan fingerprint density at radius 3 is 2.39 bits per heavy atom. The fourth-order valence-corrected chi connectivity index (χ4v) is 3.80. The molecule has 1 amide bonds. The van der Waals surface area contributed by atoms with Crippen molar-refractivity contribution in [2.45, 2.75) is 19.3 Å². The van der Waals surface area contributed by atoms with Crippen molar-refractivity contribution in [1.29, 1.82) is 0 Å². The third kappa shape index (κ3) is 4.58. The number of piperidine rings is 1. The molecule has 28 heavy (non-hydrogen) atoms. The van der Waals surface area contributed by atoms with Crippen molar-refractivity contribution in [3.8, 4) is 0 Å². The second-order valence-corrected chi connectivity index (χ2v) is 7.36. The van der Waals surface area contributed by atoms with Gasteiger partial charge in [0.25, 0.3) is 5.91 Å². The molecule has 3 aromatic rings. The lowest BCUT2D eigenvalue weighted by Crippen LogP contribution is -2.34. The zero-order valence-corrected chi connectivity index (χ0v) is 15.9. The van der Waals surface area contributed by atoms with E-state index in [1.807, 2.05) is 12.1 Å². The molecule has 2 heterocycles. The van der Waals surface area contributed by atoms with E-state index in [-0.39, 0.29) is 5.91 Å². The van der Waals surface area contributed by atoms with E-state index < -0.39 is 0 Å². The molecule has 4 rings (SSSR count). The predicted molar refractivity (Wildman–Crippen MR) is 114 cm³/mol. The summed E-state index contributed by atoms with van der Waals surface area (Å²) in [4.78, 5) is 18.7. The molecular weight excluding hydrogens is 346 g/mol. The van der Waals surface area contributed by atoms with Crippen LogP contribution < -0.4 is 10.2 Å². The van der Waals surface area contributed by atoms with Crippen molar-refractivity contribution in [2.75, 3.05) is 23.3 Å². The molecule has 0 aliphatic carbocycles. The van der Waals surface area contributed by atoms with Crippen LogP contribution >= 0.6 is 0 Å². The summed E-state index contributed by atoms with van der Waals surface area (Å²) in [5, 5.41) is 2.93. The zero-order chi connectivity index (χ0) is 19.2. The summed E-state index contributed by atoms with van der Waals surface area (Å²) in [6.45, 7) is 2.16. The summed E-state index contributed by atoms with van der Waals surface area (Å²) in [6, 6.07) is 22.4. The van der Waals surface area contributed by atoms with Crippen LogP contribution in [0.25, 0.3) is 0 Å². The Hall–Kier alpha value is -3.14. The van der Waals surface area contributed by atoms with E-state index in [9.17, 15) is 4.79 Å². The monoisotopic (exact) mass is 371 g/mol. The lowest BCUT2D eigenvalue weighted by molar-refractivity contribution is 0.102. The highest BCUT2D eigenvalue weighted by atomic mass is 16.1. The van der Waals surface area contributed by atoms with Gasteiger partial charge in [-0.3, -0.25) is 9.78 Å². The fourth-order valence-electron chi connectivity index (χ4n) is 3.80. The first-order valence-electron chi connectivity index (χ1n) is 9.88. The summed E-state index contributed by atoms with van der Waals surface area (Å²) in [7, 11) is 0. The van der Waals surface area contributed by atoms with Crippen LogP contribution in [0, 0.1) is 5.92 Å². The number of anilines is 2.